The van der Waals surface area contributed by atoms with Crippen LogP contribution in [0.3, 0.4) is 0 Å². The number of aromatic nitrogens is 4. The van der Waals surface area contributed by atoms with Gasteiger partial charge in [-0.05, 0) is 53.0 Å². The fraction of sp³-hybridized carbons (Fsp3) is 0.341. The minimum Gasteiger partial charge on any atom is -0.453 e. The van der Waals surface area contributed by atoms with Gasteiger partial charge in [0.25, 0.3) is 0 Å². The van der Waals surface area contributed by atoms with Gasteiger partial charge < -0.3 is 39.7 Å². The van der Waals surface area contributed by atoms with Gasteiger partial charge in [0.2, 0.25) is 11.8 Å². The number of aliphatic hydroxyl groups excluding tert-OH is 1. The van der Waals surface area contributed by atoms with Crippen LogP contribution in [0, 0.1) is 11.8 Å². The molecule has 5 heterocycles. The van der Waals surface area contributed by atoms with Crippen LogP contribution in [0.5, 0.6) is 0 Å². The number of amides is 4. The number of aliphatic hydroxyl groups is 1. The van der Waals surface area contributed by atoms with E-state index in [1.165, 1.54) is 20.4 Å². The number of likely N-dealkylation sites (tertiary alicyclic amines) is 1. The molecule has 4 amide bonds. The van der Waals surface area contributed by atoms with E-state index in [2.05, 4.69) is 42.1 Å². The Morgan fingerprint density at radius 1 is 0.881 bits per heavy atom. The molecule has 59 heavy (non-hydrogen) atoms. The predicted octanol–water partition coefficient (Wildman–Crippen LogP) is 6.70. The van der Waals surface area contributed by atoms with Crippen molar-refractivity contribution < 1.29 is 33.8 Å². The predicted molar refractivity (Wildman–Crippen MR) is 219 cm³/mol. The number of aromatic amines is 2. The van der Waals surface area contributed by atoms with Crippen LogP contribution in [-0.2, 0) is 25.5 Å². The molecule has 2 aromatic heterocycles. The third-order valence-corrected chi connectivity index (χ3v) is 11.5. The summed E-state index contributed by atoms with van der Waals surface area (Å²) in [7, 11) is 2.50. The number of alkyl carbamates (subject to hydrolysis) is 1. The van der Waals surface area contributed by atoms with Gasteiger partial charge in [0.05, 0.1) is 67.8 Å². The standard InChI is InChI=1S/C44H46N8O7/c1-24(2)37(50-44(57)59-4)42(55)51-18-6-9-34(51)39-45-22-32(48-39)27-14-10-25(11-15-27)26-12-16-28(17-13-26)33-23-46-40(49-33)35-19-29-7-5-8-31-36(53)20-30(21-47-43(56)58-3)41(54)52(35)38(29)31/h5,7-8,10-17,21-24,30,34-37,53H,6,9,18-20H2,1-4H3,(H,45,48)(H,46,49)(H,50,57)/t30?,34-,35-,36?,37-/m0/s1. The van der Waals surface area contributed by atoms with E-state index in [0.717, 1.165) is 52.0 Å². The fourth-order valence-electron chi connectivity index (χ4n) is 8.43. The SMILES string of the molecule is COC(=O)N=CC1CC(O)c2cccc3c2N(C1=O)[C@H](c1ncc(-c2ccc(-c4ccc(-c5cnc([C@@H]6CCCN6C(=O)[C@@H](NC(=O)OC)C(C)C)[nH]5)cc4)cc2)[nH]1)C3. The number of carbonyl (C=O) groups is 4. The normalized spacial score (nSPS) is 20.5. The van der Waals surface area contributed by atoms with Crippen LogP contribution in [0.25, 0.3) is 33.6 Å². The monoisotopic (exact) mass is 798 g/mol. The molecule has 0 saturated carbocycles. The maximum Gasteiger partial charge on any atom is 0.432 e. The molecule has 3 aromatic carbocycles. The molecule has 0 radical (unpaired) electrons. The molecule has 15 heteroatoms. The topological polar surface area (TPSA) is 195 Å². The minimum atomic E-state index is -0.915. The molecule has 0 spiro atoms. The number of nitrogens with zero attached hydrogens (tertiary/aromatic N) is 5. The van der Waals surface area contributed by atoms with Crippen molar-refractivity contribution in [2.45, 2.75) is 63.8 Å². The molecule has 1 saturated heterocycles. The Hall–Kier alpha value is -6.61. The molecular weight excluding hydrogens is 753 g/mol. The summed E-state index contributed by atoms with van der Waals surface area (Å²) in [4.78, 5) is 74.9. The number of imidazole rings is 2. The molecule has 0 aliphatic carbocycles. The Labute approximate surface area is 340 Å². The van der Waals surface area contributed by atoms with Gasteiger partial charge in [-0.1, -0.05) is 80.6 Å². The van der Waals surface area contributed by atoms with Gasteiger partial charge >= 0.3 is 12.2 Å². The first-order valence-electron chi connectivity index (χ1n) is 19.8. The highest BCUT2D eigenvalue weighted by Gasteiger charge is 2.44. The first-order chi connectivity index (χ1) is 28.5. The second-order valence-corrected chi connectivity index (χ2v) is 15.5. The van der Waals surface area contributed by atoms with E-state index in [1.54, 1.807) is 22.2 Å². The van der Waals surface area contributed by atoms with Crippen molar-refractivity contribution in [1.29, 1.82) is 0 Å². The van der Waals surface area contributed by atoms with Gasteiger partial charge in [-0.2, -0.15) is 4.99 Å². The van der Waals surface area contributed by atoms with Crippen LogP contribution >= 0.6 is 0 Å². The third-order valence-electron chi connectivity index (χ3n) is 11.5. The van der Waals surface area contributed by atoms with Gasteiger partial charge in [-0.3, -0.25) is 9.59 Å². The van der Waals surface area contributed by atoms with Crippen molar-refractivity contribution in [2.75, 3.05) is 25.7 Å². The van der Waals surface area contributed by atoms with Crippen molar-refractivity contribution in [1.82, 2.24) is 30.2 Å². The van der Waals surface area contributed by atoms with E-state index in [1.807, 2.05) is 68.4 Å². The molecular formula is C44H46N8O7. The van der Waals surface area contributed by atoms with Gasteiger partial charge in [-0.25, -0.2) is 19.6 Å². The lowest BCUT2D eigenvalue weighted by Crippen LogP contribution is -2.51. The summed E-state index contributed by atoms with van der Waals surface area (Å²) in [5.74, 6) is -0.0523. The number of hydrogen-bond acceptors (Lipinski definition) is 9. The Kier molecular flexibility index (Phi) is 10.9. The molecule has 3 aliphatic rings. The number of methoxy groups -OCH3 is 2. The Morgan fingerprint density at radius 2 is 1.49 bits per heavy atom. The summed E-state index contributed by atoms with van der Waals surface area (Å²) in [5.41, 5.74) is 7.85. The average molecular weight is 799 g/mol. The number of benzene rings is 3. The summed E-state index contributed by atoms with van der Waals surface area (Å²) in [6, 6.07) is 20.6. The minimum absolute atomic E-state index is 0.0864. The molecule has 8 rings (SSSR count). The quantitative estimate of drug-likeness (QED) is 0.117. The van der Waals surface area contributed by atoms with Crippen LogP contribution in [0.4, 0.5) is 15.3 Å². The van der Waals surface area contributed by atoms with Gasteiger partial charge in [0.1, 0.15) is 17.7 Å². The van der Waals surface area contributed by atoms with E-state index < -0.39 is 36.3 Å². The van der Waals surface area contributed by atoms with Crippen LogP contribution in [-0.4, -0.2) is 87.0 Å². The molecule has 1 fully saturated rings. The summed E-state index contributed by atoms with van der Waals surface area (Å²) in [5, 5.41) is 13.8. The second-order valence-electron chi connectivity index (χ2n) is 15.5. The summed E-state index contributed by atoms with van der Waals surface area (Å²) in [6.07, 6.45) is 4.66. The van der Waals surface area contributed by atoms with Crippen LogP contribution in [0.2, 0.25) is 0 Å². The molecule has 15 nitrogen and oxygen atoms in total. The number of ether oxygens (including phenoxy) is 2. The number of aliphatic imine (C=N–C) groups is 1. The molecule has 0 bridgehead atoms. The first kappa shape index (κ1) is 39.2. The first-order valence-corrected chi connectivity index (χ1v) is 19.8. The molecule has 5 aromatic rings. The summed E-state index contributed by atoms with van der Waals surface area (Å²) in [6.45, 7) is 4.37. The van der Waals surface area contributed by atoms with Crippen molar-refractivity contribution >= 4 is 35.9 Å². The molecule has 3 aliphatic heterocycles. The van der Waals surface area contributed by atoms with Crippen molar-refractivity contribution in [3.8, 4) is 33.6 Å². The van der Waals surface area contributed by atoms with E-state index in [4.69, 9.17) is 9.72 Å². The summed E-state index contributed by atoms with van der Waals surface area (Å²) < 4.78 is 9.39. The third kappa shape index (κ3) is 7.60. The van der Waals surface area contributed by atoms with E-state index in [-0.39, 0.29) is 30.2 Å². The molecule has 304 valence electrons. The van der Waals surface area contributed by atoms with E-state index in [0.29, 0.717) is 35.9 Å². The zero-order chi connectivity index (χ0) is 41.4. The Balaban J connectivity index is 0.959. The van der Waals surface area contributed by atoms with Gasteiger partial charge in [0, 0.05) is 24.7 Å². The van der Waals surface area contributed by atoms with Crippen LogP contribution < -0.4 is 10.2 Å². The Morgan fingerprint density at radius 3 is 2.08 bits per heavy atom. The number of anilines is 1. The molecule has 5 atom stereocenters. The van der Waals surface area contributed by atoms with E-state index in [9.17, 15) is 24.3 Å². The average Bonchev–Trinajstić information content (AvgIpc) is 4.09. The molecule has 2 unspecified atom stereocenters. The second kappa shape index (κ2) is 16.3. The lowest BCUT2D eigenvalue weighted by atomic mass is 9.96. The van der Waals surface area contributed by atoms with Gasteiger partial charge in [0.15, 0.2) is 0 Å². The van der Waals surface area contributed by atoms with Crippen LogP contribution in [0.15, 0.2) is 84.1 Å². The number of rotatable bonds is 9. The lowest BCUT2D eigenvalue weighted by molar-refractivity contribution is -0.135. The van der Waals surface area contributed by atoms with Crippen molar-refractivity contribution in [3.05, 3.63) is 102 Å². The number of hydrogen-bond donors (Lipinski definition) is 4. The lowest BCUT2D eigenvalue weighted by Gasteiger charge is -2.30. The highest BCUT2D eigenvalue weighted by Crippen LogP contribution is 2.48. The maximum atomic E-state index is 14.0. The van der Waals surface area contributed by atoms with Gasteiger partial charge in [-0.15, -0.1) is 0 Å². The van der Waals surface area contributed by atoms with Crippen molar-refractivity contribution in [3.63, 3.8) is 0 Å². The van der Waals surface area contributed by atoms with Crippen LogP contribution in [0.1, 0.15) is 74.1 Å². The largest absolute Gasteiger partial charge is 0.453 e. The number of para-hydroxylation sites is 1. The Bertz CT molecular complexity index is 2400. The zero-order valence-corrected chi connectivity index (χ0v) is 33.2. The zero-order valence-electron chi connectivity index (χ0n) is 33.2. The fourth-order valence-corrected chi connectivity index (χ4v) is 8.43. The summed E-state index contributed by atoms with van der Waals surface area (Å²) >= 11 is 0. The number of H-pyrrole nitrogens is 2. The number of carbonyl (C=O) groups excluding carboxylic acids is 4. The molecule has 4 N–H and O–H groups in total. The highest BCUT2D eigenvalue weighted by molar-refractivity contribution is 6.07. The highest BCUT2D eigenvalue weighted by atomic mass is 16.5. The maximum absolute atomic E-state index is 14.0. The van der Waals surface area contributed by atoms with Crippen molar-refractivity contribution in [2.24, 2.45) is 16.8 Å². The van der Waals surface area contributed by atoms with E-state index >= 15 is 0 Å². The smallest absolute Gasteiger partial charge is 0.432 e. The number of nitrogens with one attached hydrogen (secondary N) is 3.